The first kappa shape index (κ1) is 30.2. The van der Waals surface area contributed by atoms with Gasteiger partial charge in [0.05, 0.1) is 23.8 Å². The van der Waals surface area contributed by atoms with Gasteiger partial charge in [0.1, 0.15) is 11.5 Å². The van der Waals surface area contributed by atoms with Crippen molar-refractivity contribution < 1.29 is 28.8 Å². The summed E-state index contributed by atoms with van der Waals surface area (Å²) in [7, 11) is 1.44. The van der Waals surface area contributed by atoms with Gasteiger partial charge in [-0.1, -0.05) is 41.9 Å². The number of para-hydroxylation sites is 1. The first-order valence-corrected chi connectivity index (χ1v) is 12.9. The smallest absolute Gasteiger partial charge is 0.336 e. The van der Waals surface area contributed by atoms with Crippen LogP contribution in [-0.2, 0) is 4.79 Å². The van der Waals surface area contributed by atoms with Gasteiger partial charge in [-0.25, -0.2) is 10.2 Å². The molecule has 0 spiro atoms. The number of carbonyl (C=O) groups excluding carboxylic acids is 3. The van der Waals surface area contributed by atoms with Gasteiger partial charge < -0.3 is 14.8 Å². The number of methoxy groups -OCH3 is 1. The molecule has 0 aromatic heterocycles. The number of ether oxygens (including phenoxy) is 2. The molecule has 11 nitrogen and oxygen atoms in total. The Balaban J connectivity index is 1.38. The van der Waals surface area contributed by atoms with E-state index < -0.39 is 22.7 Å². The van der Waals surface area contributed by atoms with Gasteiger partial charge in [-0.2, -0.15) is 5.10 Å². The van der Waals surface area contributed by atoms with Crippen molar-refractivity contribution in [2.45, 2.75) is 0 Å². The Morgan fingerprint density at radius 1 is 0.907 bits per heavy atom. The average Bonchev–Trinajstić information content (AvgIpc) is 3.01. The molecule has 0 saturated heterocycles. The second kappa shape index (κ2) is 14.2. The van der Waals surface area contributed by atoms with Crippen molar-refractivity contribution in [3.63, 3.8) is 0 Å². The zero-order chi connectivity index (χ0) is 30.8. The molecule has 216 valence electrons. The van der Waals surface area contributed by atoms with E-state index in [2.05, 4.69) is 15.8 Å². The van der Waals surface area contributed by atoms with Crippen LogP contribution < -0.4 is 20.2 Å². The number of halogens is 1. The number of hydrogen-bond acceptors (Lipinski definition) is 8. The number of carbonyl (C=O) groups is 3. The lowest BCUT2D eigenvalue weighted by Crippen LogP contribution is -2.18. The summed E-state index contributed by atoms with van der Waals surface area (Å²) in [4.78, 5) is 48.3. The Kier molecular flexibility index (Phi) is 9.95. The van der Waals surface area contributed by atoms with Crippen LogP contribution in [0.15, 0.2) is 102 Å². The highest BCUT2D eigenvalue weighted by Gasteiger charge is 2.14. The molecule has 0 atom stereocenters. The van der Waals surface area contributed by atoms with Crippen LogP contribution in [0.2, 0.25) is 5.02 Å². The van der Waals surface area contributed by atoms with Gasteiger partial charge in [0.25, 0.3) is 17.5 Å². The number of non-ortho nitro benzene ring substituents is 1. The largest absolute Gasteiger partial charge is 0.496 e. The predicted molar refractivity (Wildman–Crippen MR) is 162 cm³/mol. The lowest BCUT2D eigenvalue weighted by atomic mass is 10.1. The van der Waals surface area contributed by atoms with Crippen molar-refractivity contribution in [3.8, 4) is 11.5 Å². The third kappa shape index (κ3) is 8.35. The third-order valence-corrected chi connectivity index (χ3v) is 6.02. The molecule has 0 unspecified atom stereocenters. The van der Waals surface area contributed by atoms with E-state index in [1.807, 2.05) is 0 Å². The SMILES string of the molecule is COc1ccc(Cl)cc1C(=O)Nc1cccc(C(=O)NN=Cc2ccccc2OC(=O)/C=C/c2cccc([N+](=O)[O-])c2)c1. The minimum atomic E-state index is -0.717. The molecule has 0 saturated carbocycles. The Morgan fingerprint density at radius 3 is 2.49 bits per heavy atom. The fraction of sp³-hybridized carbons (Fsp3) is 0.0323. The molecule has 0 aliphatic carbocycles. The summed E-state index contributed by atoms with van der Waals surface area (Å²) in [6.45, 7) is 0. The normalized spacial score (nSPS) is 10.8. The first-order chi connectivity index (χ1) is 20.7. The summed E-state index contributed by atoms with van der Waals surface area (Å²) in [5.74, 6) is -1.22. The van der Waals surface area contributed by atoms with E-state index in [1.165, 1.54) is 49.7 Å². The summed E-state index contributed by atoms with van der Waals surface area (Å²) >= 11 is 6.02. The highest BCUT2D eigenvalue weighted by Crippen LogP contribution is 2.24. The second-order valence-electron chi connectivity index (χ2n) is 8.72. The van der Waals surface area contributed by atoms with E-state index in [4.69, 9.17) is 21.1 Å². The van der Waals surface area contributed by atoms with Crippen molar-refractivity contribution in [1.82, 2.24) is 5.43 Å². The highest BCUT2D eigenvalue weighted by atomic mass is 35.5. The standard InChI is InChI=1S/C31H23ClN4O7/c1-42-28-14-13-23(32)18-26(28)31(39)34-24-9-5-8-21(17-24)30(38)35-33-19-22-7-2-3-11-27(22)43-29(37)15-12-20-6-4-10-25(16-20)36(40)41/h2-19H,1H3,(H,34,39)(H,35,38)/b15-12+,33-19?. The maximum atomic E-state index is 12.8. The number of benzene rings is 4. The molecule has 12 heteroatoms. The number of esters is 1. The third-order valence-electron chi connectivity index (χ3n) is 5.78. The number of nitrogens with one attached hydrogen (secondary N) is 2. The zero-order valence-electron chi connectivity index (χ0n) is 22.5. The molecule has 2 amide bonds. The van der Waals surface area contributed by atoms with Crippen LogP contribution in [0.4, 0.5) is 11.4 Å². The van der Waals surface area contributed by atoms with Gasteiger partial charge in [-0.15, -0.1) is 0 Å². The van der Waals surface area contributed by atoms with E-state index in [1.54, 1.807) is 60.7 Å². The molecule has 4 rings (SSSR count). The fourth-order valence-electron chi connectivity index (χ4n) is 3.75. The second-order valence-corrected chi connectivity index (χ2v) is 9.16. The van der Waals surface area contributed by atoms with Gasteiger partial charge >= 0.3 is 5.97 Å². The van der Waals surface area contributed by atoms with E-state index in [0.717, 1.165) is 6.08 Å². The molecule has 43 heavy (non-hydrogen) atoms. The molecule has 0 aliphatic rings. The molecule has 4 aromatic rings. The van der Waals surface area contributed by atoms with Crippen LogP contribution in [-0.4, -0.2) is 36.0 Å². The molecule has 0 aliphatic heterocycles. The predicted octanol–water partition coefficient (Wildman–Crippen LogP) is 5.89. The van der Waals surface area contributed by atoms with Crippen molar-refractivity contribution in [3.05, 3.63) is 134 Å². The Morgan fingerprint density at radius 2 is 1.70 bits per heavy atom. The lowest BCUT2D eigenvalue weighted by Gasteiger charge is -2.10. The summed E-state index contributed by atoms with van der Waals surface area (Å²) in [6.07, 6.45) is 3.85. The molecule has 4 aromatic carbocycles. The fourth-order valence-corrected chi connectivity index (χ4v) is 3.92. The number of hydrazone groups is 1. The van der Waals surface area contributed by atoms with Gasteiger partial charge in [0, 0.05) is 40.0 Å². The molecular formula is C31H23ClN4O7. The topological polar surface area (TPSA) is 149 Å². The van der Waals surface area contributed by atoms with Crippen LogP contribution in [0.3, 0.4) is 0 Å². The number of nitrogens with zero attached hydrogens (tertiary/aromatic N) is 2. The summed E-state index contributed by atoms with van der Waals surface area (Å²) in [5.41, 5.74) is 3.96. The highest BCUT2D eigenvalue weighted by molar-refractivity contribution is 6.31. The van der Waals surface area contributed by atoms with Crippen LogP contribution in [0.25, 0.3) is 6.08 Å². The Bertz CT molecular complexity index is 1750. The molecule has 0 fully saturated rings. The maximum Gasteiger partial charge on any atom is 0.336 e. The van der Waals surface area contributed by atoms with Crippen molar-refractivity contribution in [1.29, 1.82) is 0 Å². The van der Waals surface area contributed by atoms with Gasteiger partial charge in [0.2, 0.25) is 0 Å². The molecule has 0 heterocycles. The number of nitro benzene ring substituents is 1. The van der Waals surface area contributed by atoms with Crippen molar-refractivity contribution in [2.75, 3.05) is 12.4 Å². The van der Waals surface area contributed by atoms with Gasteiger partial charge in [-0.3, -0.25) is 19.7 Å². The number of amides is 2. The average molecular weight is 599 g/mol. The molecule has 0 radical (unpaired) electrons. The molecule has 0 bridgehead atoms. The Hall–Kier alpha value is -5.81. The van der Waals surface area contributed by atoms with Crippen LogP contribution in [0.1, 0.15) is 31.8 Å². The van der Waals surface area contributed by atoms with E-state index in [9.17, 15) is 24.5 Å². The number of hydrogen-bond donors (Lipinski definition) is 2. The van der Waals surface area contributed by atoms with Crippen LogP contribution in [0.5, 0.6) is 11.5 Å². The van der Waals surface area contributed by atoms with Crippen LogP contribution in [0, 0.1) is 10.1 Å². The number of rotatable bonds is 10. The van der Waals surface area contributed by atoms with E-state index in [0.29, 0.717) is 27.6 Å². The van der Waals surface area contributed by atoms with Gasteiger partial charge in [0.15, 0.2) is 0 Å². The summed E-state index contributed by atoms with van der Waals surface area (Å²) in [5, 5.41) is 18.0. The summed E-state index contributed by atoms with van der Waals surface area (Å²) in [6, 6.07) is 23.2. The van der Waals surface area contributed by atoms with E-state index in [-0.39, 0.29) is 22.6 Å². The monoisotopic (exact) mass is 598 g/mol. The number of anilines is 1. The first-order valence-electron chi connectivity index (χ1n) is 12.6. The van der Waals surface area contributed by atoms with Crippen molar-refractivity contribution in [2.24, 2.45) is 5.10 Å². The zero-order valence-corrected chi connectivity index (χ0v) is 23.3. The van der Waals surface area contributed by atoms with E-state index >= 15 is 0 Å². The minimum Gasteiger partial charge on any atom is -0.496 e. The Labute approximate surface area is 250 Å². The minimum absolute atomic E-state index is 0.103. The van der Waals surface area contributed by atoms with Gasteiger partial charge in [-0.05, 0) is 60.2 Å². The number of nitro groups is 1. The quantitative estimate of drug-likeness (QED) is 0.0577. The molecular weight excluding hydrogens is 576 g/mol. The van der Waals surface area contributed by atoms with Crippen molar-refractivity contribution >= 4 is 53.0 Å². The molecule has 2 N–H and O–H groups in total. The maximum absolute atomic E-state index is 12.8. The summed E-state index contributed by atoms with van der Waals surface area (Å²) < 4.78 is 10.6. The van der Waals surface area contributed by atoms with Crippen LogP contribution >= 0.6 is 11.6 Å². The lowest BCUT2D eigenvalue weighted by molar-refractivity contribution is -0.384.